The minimum Gasteiger partial charge on any atom is -0.480 e. The minimum absolute atomic E-state index is 0.0295. The van der Waals surface area contributed by atoms with Gasteiger partial charge < -0.3 is 114 Å². The molecule has 8 atom stereocenters. The number of aromatic nitrogens is 1. The summed E-state index contributed by atoms with van der Waals surface area (Å²) < 4.78 is 0. The van der Waals surface area contributed by atoms with E-state index in [-0.39, 0.29) is 134 Å². The number of hydrogen-bond donors (Lipinski definition) is 21. The number of aliphatic carboxylic acids is 2. The van der Waals surface area contributed by atoms with Gasteiger partial charge in [0.25, 0.3) is 0 Å². The Morgan fingerprint density at radius 1 is 0.413 bits per heavy atom. The lowest BCUT2D eigenvalue weighted by Gasteiger charge is -2.27. The zero-order valence-corrected chi connectivity index (χ0v) is 63.6. The van der Waals surface area contributed by atoms with Gasteiger partial charge in [-0.05, 0) is 191 Å². The number of likely N-dealkylation sites (N-methyl/N-ethyl adjacent to an activating group) is 2. The average molecular weight is 1530 g/mol. The molecule has 38 heteroatoms. The van der Waals surface area contributed by atoms with Gasteiger partial charge in [0.15, 0.2) is 17.3 Å². The fourth-order valence-electron chi connectivity index (χ4n) is 11.5. The second-order valence-electron chi connectivity index (χ2n) is 27.7. The van der Waals surface area contributed by atoms with E-state index in [0.29, 0.717) is 97.6 Å². The Bertz CT molecular complexity index is 3400. The molecule has 38 nitrogen and oxygen atoms in total. The summed E-state index contributed by atoms with van der Waals surface area (Å²) in [7, 11) is 3.18. The first-order valence-electron chi connectivity index (χ1n) is 37.1. The SMILES string of the molecule is CC(C)[C@H](NC(=O)[C@H](CCCCN)NC(=O)[C@H](CCCCN)NC(=O)[C@H](CCCN=C(N)N)NC(=O)CN(C)CCC(=O)Nc1ccc2c(=O)c3ccc(NC(=O)CCN(C)CC(=O)N[C@@H](CCCN=C(N)N)C(=O)N[C@@H](CCCCN)C(=O)N[C@@H](CCCCN)C(=O)N[C@H](C(=O)O)C(C)C)cc3[nH]c2c1)C(=O)O. The summed E-state index contributed by atoms with van der Waals surface area (Å²) in [4.78, 5) is 189. The highest BCUT2D eigenvalue weighted by Crippen LogP contribution is 2.22. The van der Waals surface area contributed by atoms with Crippen molar-refractivity contribution in [2.75, 3.05) is 90.2 Å². The smallest absolute Gasteiger partial charge is 0.326 e. The van der Waals surface area contributed by atoms with E-state index in [4.69, 9.17) is 45.9 Å². The molecule has 0 aliphatic carbocycles. The number of benzene rings is 2. The van der Waals surface area contributed by atoms with Crippen molar-refractivity contribution < 1.29 is 67.7 Å². The number of fused-ring (bicyclic) bond motifs is 2. The van der Waals surface area contributed by atoms with Crippen LogP contribution >= 0.6 is 0 Å². The van der Waals surface area contributed by atoms with Crippen LogP contribution in [0.3, 0.4) is 0 Å². The molecule has 29 N–H and O–H groups in total. The summed E-state index contributed by atoms with van der Waals surface area (Å²) in [6.45, 7) is 7.50. The highest BCUT2D eigenvalue weighted by atomic mass is 16.4. The van der Waals surface area contributed by atoms with Crippen LogP contribution in [0.1, 0.15) is 143 Å². The number of pyridine rings is 1. The predicted molar refractivity (Wildman–Crippen MR) is 415 cm³/mol. The second-order valence-corrected chi connectivity index (χ2v) is 27.7. The number of aliphatic imine (C=N–C) groups is 2. The number of carbonyl (C=O) groups excluding carboxylic acids is 10. The molecule has 3 rings (SSSR count). The first-order chi connectivity index (χ1) is 51.7. The summed E-state index contributed by atoms with van der Waals surface area (Å²) in [6, 6.07) is -0.297. The van der Waals surface area contributed by atoms with Crippen LogP contribution in [0.2, 0.25) is 0 Å². The van der Waals surface area contributed by atoms with Gasteiger partial charge >= 0.3 is 11.9 Å². The van der Waals surface area contributed by atoms with E-state index < -0.39 is 131 Å². The van der Waals surface area contributed by atoms with Crippen molar-refractivity contribution in [2.45, 2.75) is 192 Å². The Kier molecular flexibility index (Phi) is 42.5. The molecule has 0 aliphatic heterocycles. The number of rotatable bonds is 54. The number of carbonyl (C=O) groups is 12. The largest absolute Gasteiger partial charge is 0.480 e. The van der Waals surface area contributed by atoms with Crippen molar-refractivity contribution >= 4 is 116 Å². The normalized spacial score (nSPS) is 13.5. The standard InChI is InChI=1S/C71H119N23O15/c1-41(2)59(68(106)107)91-66(104)51(19-9-13-31-74)89-64(102)49(17-7-11-29-72)87-62(100)47(21-15-33-80-70(76)77)85-57(97)39-93(5)35-27-55(95)82-43-23-25-45-53(37-43)84-54-38-44(24-26-46(54)61(45)99)83-56(96)28-36-94(6)40-58(98)86-48(22-16-34-81-71(78)79)63(101)88-50(18-8-12-30-73)65(103)90-52(20-10-14-32-75)67(105)92-60(42(3)4)69(108)109/h23-26,37-38,41-42,47-52,59-60H,7-22,27-36,39-40,72-75H2,1-6H3,(H,82,95)(H,83,96)(H,84,99)(H,85,97)(H,86,98)(H,87,100)(H,88,101)(H,89,102)(H,90,103)(H,91,104)(H,92,105)(H,106,107)(H,108,109)(H4,76,77,80)(H4,78,79,81)/t47-,48-,49-,50-,51-,52-,59-,60-/m0/s1. The van der Waals surface area contributed by atoms with Gasteiger partial charge in [-0.3, -0.25) is 72.5 Å². The van der Waals surface area contributed by atoms with Crippen LogP contribution in [0, 0.1) is 11.8 Å². The molecule has 10 amide bonds. The first-order valence-corrected chi connectivity index (χ1v) is 37.1. The Hall–Kier alpha value is -10.2. The summed E-state index contributed by atoms with van der Waals surface area (Å²) >= 11 is 0. The van der Waals surface area contributed by atoms with Crippen LogP contribution in [0.4, 0.5) is 11.4 Å². The molecular formula is C71H119N23O15. The van der Waals surface area contributed by atoms with Gasteiger partial charge in [0, 0.05) is 61.2 Å². The zero-order chi connectivity index (χ0) is 81.3. The number of guanidine groups is 2. The number of nitrogens with zero attached hydrogens (tertiary/aromatic N) is 4. The van der Waals surface area contributed by atoms with E-state index in [9.17, 15) is 72.5 Å². The van der Waals surface area contributed by atoms with E-state index in [1.807, 2.05) is 0 Å². The molecule has 0 aliphatic rings. The highest BCUT2D eigenvalue weighted by Gasteiger charge is 2.35. The Morgan fingerprint density at radius 2 is 0.697 bits per heavy atom. The average Bonchev–Trinajstić information content (AvgIpc) is 0.772. The fraction of sp³-hybridized carbons (Fsp3) is 0.620. The molecule has 1 aromatic heterocycles. The van der Waals surface area contributed by atoms with Gasteiger partial charge in [0.2, 0.25) is 59.1 Å². The third kappa shape index (κ3) is 35.2. The lowest BCUT2D eigenvalue weighted by atomic mass is 10.0. The number of anilines is 2. The lowest BCUT2D eigenvalue weighted by Crippen LogP contribution is -2.58. The molecule has 1 heterocycles. The Morgan fingerprint density at radius 3 is 0.972 bits per heavy atom. The second kappa shape index (κ2) is 49.7. The van der Waals surface area contributed by atoms with E-state index in [1.54, 1.807) is 88.0 Å². The topological polar surface area (TPSA) is 638 Å². The predicted octanol–water partition coefficient (Wildman–Crippen LogP) is -2.82. The van der Waals surface area contributed by atoms with Crippen LogP contribution in [0.15, 0.2) is 51.2 Å². The number of carboxylic acids is 2. The number of nitrogens with one attached hydrogen (secondary N) is 11. The maximum atomic E-state index is 14.1. The summed E-state index contributed by atoms with van der Waals surface area (Å²) in [5.41, 5.74) is 46.1. The fourth-order valence-corrected chi connectivity index (χ4v) is 11.5. The van der Waals surface area contributed by atoms with Gasteiger partial charge in [0.1, 0.15) is 48.3 Å². The Labute approximate surface area is 634 Å². The number of hydrogen-bond acceptors (Lipinski definition) is 21. The monoisotopic (exact) mass is 1530 g/mol. The van der Waals surface area contributed by atoms with Gasteiger partial charge in [-0.2, -0.15) is 0 Å². The van der Waals surface area contributed by atoms with Gasteiger partial charge in [0.05, 0.1) is 24.1 Å². The number of amides is 10. The van der Waals surface area contributed by atoms with Gasteiger partial charge in [-0.1, -0.05) is 27.7 Å². The molecule has 0 radical (unpaired) electrons. The molecule has 608 valence electrons. The van der Waals surface area contributed by atoms with Crippen molar-refractivity contribution in [3.63, 3.8) is 0 Å². The zero-order valence-electron chi connectivity index (χ0n) is 63.6. The van der Waals surface area contributed by atoms with Gasteiger partial charge in [-0.25, -0.2) is 9.59 Å². The number of aromatic amines is 1. The highest BCUT2D eigenvalue weighted by molar-refractivity contribution is 6.00. The van der Waals surface area contributed by atoms with E-state index in [0.717, 1.165) is 0 Å². The Balaban J connectivity index is 1.70. The number of H-pyrrole nitrogens is 1. The minimum atomic E-state index is -1.25. The van der Waals surface area contributed by atoms with Crippen molar-refractivity contribution in [3.05, 3.63) is 46.6 Å². The van der Waals surface area contributed by atoms with Crippen molar-refractivity contribution in [2.24, 2.45) is 67.7 Å². The molecule has 0 saturated carbocycles. The van der Waals surface area contributed by atoms with Crippen LogP contribution in [0.25, 0.3) is 21.8 Å². The molecule has 3 aromatic rings. The van der Waals surface area contributed by atoms with Crippen molar-refractivity contribution in [1.29, 1.82) is 0 Å². The number of nitrogens with two attached hydrogens (primary N) is 8. The molecule has 0 unspecified atom stereocenters. The van der Waals surface area contributed by atoms with Crippen molar-refractivity contribution in [3.8, 4) is 0 Å². The molecule has 0 bridgehead atoms. The third-order valence-corrected chi connectivity index (χ3v) is 17.6. The number of carboxylic acid groups (broad SMARTS) is 2. The molecule has 0 saturated heterocycles. The van der Waals surface area contributed by atoms with Crippen LogP contribution in [-0.4, -0.2) is 236 Å². The summed E-state index contributed by atoms with van der Waals surface area (Å²) in [6.07, 6.45) is 4.41. The third-order valence-electron chi connectivity index (χ3n) is 17.6. The quantitative estimate of drug-likeness (QED) is 0.0117. The van der Waals surface area contributed by atoms with Crippen molar-refractivity contribution in [1.82, 2.24) is 57.3 Å². The molecular weight excluding hydrogens is 1410 g/mol. The summed E-state index contributed by atoms with van der Waals surface area (Å²) in [5.74, 6) is -10.3. The number of unbranched alkanes of at least 4 members (excludes halogenated alkanes) is 4. The van der Waals surface area contributed by atoms with E-state index >= 15 is 0 Å². The lowest BCUT2D eigenvalue weighted by molar-refractivity contribution is -0.144. The van der Waals surface area contributed by atoms with Crippen LogP contribution < -0.4 is 104 Å². The maximum Gasteiger partial charge on any atom is 0.326 e. The van der Waals surface area contributed by atoms with Gasteiger partial charge in [-0.15, -0.1) is 0 Å². The molecule has 109 heavy (non-hydrogen) atoms. The van der Waals surface area contributed by atoms with E-state index in [1.165, 1.54) is 0 Å². The van der Waals surface area contributed by atoms with Crippen LogP contribution in [-0.2, 0) is 57.5 Å². The first kappa shape index (κ1) is 93.1. The van der Waals surface area contributed by atoms with Crippen LogP contribution in [0.5, 0.6) is 0 Å². The molecule has 0 fully saturated rings. The maximum absolute atomic E-state index is 14.1. The molecule has 2 aromatic carbocycles. The van der Waals surface area contributed by atoms with E-state index in [2.05, 4.69) is 68.1 Å². The summed E-state index contributed by atoms with van der Waals surface area (Å²) in [5, 5.41) is 47.0. The molecule has 0 spiro atoms.